The van der Waals surface area contributed by atoms with Crippen molar-refractivity contribution in [1.82, 2.24) is 6.15 Å². The van der Waals surface area contributed by atoms with E-state index in [9.17, 15) is 0 Å². The second-order valence-corrected chi connectivity index (χ2v) is 5.89. The SMILES string of the molecule is CO[Si](CC(C)C)(OC)OC.N. The Morgan fingerprint density at radius 3 is 1.42 bits per heavy atom. The Balaban J connectivity index is 0. The molecule has 0 unspecified atom stereocenters. The molecule has 0 rings (SSSR count). The van der Waals surface area contributed by atoms with Gasteiger partial charge in [-0.05, 0) is 5.92 Å². The van der Waals surface area contributed by atoms with Crippen molar-refractivity contribution in [2.75, 3.05) is 21.3 Å². The second-order valence-electron chi connectivity index (χ2n) is 2.89. The van der Waals surface area contributed by atoms with Gasteiger partial charge in [0, 0.05) is 27.4 Å². The standard InChI is InChI=1S/C7H18O3Si.H3N/c1-7(2)6-11(8-3,9-4)10-5;/h7H,6H2,1-5H3;1H3. The van der Waals surface area contributed by atoms with E-state index >= 15 is 0 Å². The monoisotopic (exact) mass is 195 g/mol. The first kappa shape index (κ1) is 14.6. The van der Waals surface area contributed by atoms with Crippen LogP contribution in [0.3, 0.4) is 0 Å². The van der Waals surface area contributed by atoms with Gasteiger partial charge < -0.3 is 19.4 Å². The van der Waals surface area contributed by atoms with Gasteiger partial charge in [0.25, 0.3) is 0 Å². The van der Waals surface area contributed by atoms with Crippen molar-refractivity contribution < 1.29 is 13.3 Å². The molecule has 0 aliphatic heterocycles. The Morgan fingerprint density at radius 2 is 1.33 bits per heavy atom. The van der Waals surface area contributed by atoms with Gasteiger partial charge in [0.05, 0.1) is 0 Å². The summed E-state index contributed by atoms with van der Waals surface area (Å²) in [6.07, 6.45) is 0. The molecule has 0 spiro atoms. The molecule has 0 bridgehead atoms. The van der Waals surface area contributed by atoms with E-state index < -0.39 is 8.80 Å². The maximum Gasteiger partial charge on any atom is 0.500 e. The lowest BCUT2D eigenvalue weighted by atomic mass is 10.3. The van der Waals surface area contributed by atoms with Crippen LogP contribution in [0.2, 0.25) is 6.04 Å². The minimum Gasteiger partial charge on any atom is -0.377 e. The molecule has 0 aliphatic rings. The molecule has 0 radical (unpaired) electrons. The van der Waals surface area contributed by atoms with Crippen molar-refractivity contribution in [1.29, 1.82) is 0 Å². The fraction of sp³-hybridized carbons (Fsp3) is 1.00. The Kier molecular flexibility index (Phi) is 7.97. The van der Waals surface area contributed by atoms with E-state index in [1.165, 1.54) is 0 Å². The summed E-state index contributed by atoms with van der Waals surface area (Å²) in [4.78, 5) is 0. The number of hydrogen-bond acceptors (Lipinski definition) is 4. The van der Waals surface area contributed by atoms with Gasteiger partial charge in [-0.15, -0.1) is 0 Å². The van der Waals surface area contributed by atoms with Crippen molar-refractivity contribution in [3.8, 4) is 0 Å². The third-order valence-electron chi connectivity index (χ3n) is 1.59. The van der Waals surface area contributed by atoms with Gasteiger partial charge in [0.15, 0.2) is 0 Å². The molecular formula is C7H21NO3Si. The molecule has 0 amide bonds. The second kappa shape index (κ2) is 6.56. The molecular weight excluding hydrogens is 174 g/mol. The average Bonchev–Trinajstić information content (AvgIpc) is 2.00. The zero-order valence-electron chi connectivity index (χ0n) is 8.72. The quantitative estimate of drug-likeness (QED) is 0.678. The van der Waals surface area contributed by atoms with E-state index in [-0.39, 0.29) is 6.15 Å². The highest BCUT2D eigenvalue weighted by Gasteiger charge is 2.38. The predicted octanol–water partition coefficient (Wildman–Crippen LogP) is 1.68. The summed E-state index contributed by atoms with van der Waals surface area (Å²) in [6.45, 7) is 4.25. The lowest BCUT2D eigenvalue weighted by Gasteiger charge is -2.25. The van der Waals surface area contributed by atoms with E-state index in [2.05, 4.69) is 13.8 Å². The summed E-state index contributed by atoms with van der Waals surface area (Å²) in [7, 11) is 2.64. The van der Waals surface area contributed by atoms with Crippen LogP contribution in [-0.2, 0) is 13.3 Å². The van der Waals surface area contributed by atoms with Crippen LogP contribution >= 0.6 is 0 Å². The van der Waals surface area contributed by atoms with Gasteiger partial charge in [0.2, 0.25) is 0 Å². The summed E-state index contributed by atoms with van der Waals surface area (Å²) in [5.41, 5.74) is 0. The van der Waals surface area contributed by atoms with Crippen LogP contribution in [0.25, 0.3) is 0 Å². The van der Waals surface area contributed by atoms with Crippen LogP contribution in [0.1, 0.15) is 13.8 Å². The van der Waals surface area contributed by atoms with Gasteiger partial charge >= 0.3 is 8.80 Å². The maximum absolute atomic E-state index is 5.24. The van der Waals surface area contributed by atoms with Gasteiger partial charge in [-0.25, -0.2) is 0 Å². The zero-order valence-corrected chi connectivity index (χ0v) is 9.72. The van der Waals surface area contributed by atoms with E-state index in [0.29, 0.717) is 5.92 Å². The molecule has 5 heteroatoms. The van der Waals surface area contributed by atoms with Gasteiger partial charge in [0.1, 0.15) is 0 Å². The molecule has 0 aromatic carbocycles. The van der Waals surface area contributed by atoms with Crippen molar-refractivity contribution in [3.63, 3.8) is 0 Å². The summed E-state index contributed by atoms with van der Waals surface area (Å²) in [6, 6.07) is 0.872. The smallest absolute Gasteiger partial charge is 0.377 e. The molecule has 0 atom stereocenters. The van der Waals surface area contributed by atoms with Gasteiger partial charge in [-0.1, -0.05) is 13.8 Å². The predicted molar refractivity (Wildman–Crippen MR) is 51.4 cm³/mol. The van der Waals surface area contributed by atoms with E-state index in [1.54, 1.807) is 21.3 Å². The Hall–Kier alpha value is 0.0569. The Bertz CT molecular complexity index is 98.6. The van der Waals surface area contributed by atoms with Crippen LogP contribution in [0.5, 0.6) is 0 Å². The van der Waals surface area contributed by atoms with Gasteiger partial charge in [-0.2, -0.15) is 0 Å². The topological polar surface area (TPSA) is 62.7 Å². The van der Waals surface area contributed by atoms with Crippen LogP contribution in [0.4, 0.5) is 0 Å². The van der Waals surface area contributed by atoms with E-state index in [4.69, 9.17) is 13.3 Å². The van der Waals surface area contributed by atoms with Crippen LogP contribution in [-0.4, -0.2) is 30.1 Å². The molecule has 4 nitrogen and oxygen atoms in total. The Morgan fingerprint density at radius 1 is 1.00 bits per heavy atom. The Labute approximate surface area is 76.2 Å². The first-order valence-corrected chi connectivity index (χ1v) is 5.69. The lowest BCUT2D eigenvalue weighted by Crippen LogP contribution is -2.43. The fourth-order valence-corrected chi connectivity index (χ4v) is 3.00. The molecule has 0 saturated heterocycles. The summed E-state index contributed by atoms with van der Waals surface area (Å²) < 4.78 is 15.7. The first-order valence-electron chi connectivity index (χ1n) is 3.75. The minimum atomic E-state index is -2.28. The highest BCUT2D eigenvalue weighted by molar-refractivity contribution is 6.60. The summed E-state index contributed by atoms with van der Waals surface area (Å²) in [5.74, 6) is 0.543. The highest BCUT2D eigenvalue weighted by atomic mass is 28.4. The lowest BCUT2D eigenvalue weighted by molar-refractivity contribution is 0.119. The fourth-order valence-electron chi connectivity index (χ4n) is 1.00. The van der Waals surface area contributed by atoms with E-state index in [1.807, 2.05) is 0 Å². The molecule has 0 saturated carbocycles. The molecule has 0 fully saturated rings. The van der Waals surface area contributed by atoms with Crippen molar-refractivity contribution in [2.45, 2.75) is 19.9 Å². The number of rotatable bonds is 5. The van der Waals surface area contributed by atoms with Crippen LogP contribution < -0.4 is 6.15 Å². The molecule has 0 aliphatic carbocycles. The molecule has 12 heavy (non-hydrogen) atoms. The minimum absolute atomic E-state index is 0. The van der Waals surface area contributed by atoms with E-state index in [0.717, 1.165) is 6.04 Å². The molecule has 0 aromatic rings. The molecule has 0 heterocycles. The molecule has 3 N–H and O–H groups in total. The summed E-state index contributed by atoms with van der Waals surface area (Å²) >= 11 is 0. The van der Waals surface area contributed by atoms with Crippen molar-refractivity contribution >= 4 is 8.80 Å². The summed E-state index contributed by atoms with van der Waals surface area (Å²) in [5, 5.41) is 0. The third-order valence-corrected chi connectivity index (χ3v) is 4.77. The third kappa shape index (κ3) is 4.17. The highest BCUT2D eigenvalue weighted by Crippen LogP contribution is 2.18. The first-order chi connectivity index (χ1) is 5.10. The van der Waals surface area contributed by atoms with Crippen LogP contribution in [0, 0.1) is 5.92 Å². The number of hydrogen-bond donors (Lipinski definition) is 1. The molecule has 76 valence electrons. The zero-order chi connectivity index (χ0) is 8.91. The molecule has 0 aromatic heterocycles. The van der Waals surface area contributed by atoms with Crippen LogP contribution in [0.15, 0.2) is 0 Å². The normalized spacial score (nSPS) is 11.5. The van der Waals surface area contributed by atoms with Crippen molar-refractivity contribution in [3.05, 3.63) is 0 Å². The average molecular weight is 195 g/mol. The maximum atomic E-state index is 5.24. The largest absolute Gasteiger partial charge is 0.500 e. The van der Waals surface area contributed by atoms with Crippen molar-refractivity contribution in [2.24, 2.45) is 5.92 Å². The van der Waals surface area contributed by atoms with Gasteiger partial charge in [-0.3, -0.25) is 0 Å².